The van der Waals surface area contributed by atoms with Crippen molar-refractivity contribution < 1.29 is 23.8 Å². The van der Waals surface area contributed by atoms with Gasteiger partial charge in [-0.05, 0) is 30.7 Å². The fraction of sp³-hybridized carbons (Fsp3) is 0.385. The molecule has 108 valence electrons. The van der Waals surface area contributed by atoms with Crippen molar-refractivity contribution in [3.8, 4) is 0 Å². The molecule has 1 fully saturated rings. The normalized spacial score (nSPS) is 21.5. The van der Waals surface area contributed by atoms with Gasteiger partial charge in [0.1, 0.15) is 5.82 Å². The van der Waals surface area contributed by atoms with E-state index in [-0.39, 0.29) is 25.3 Å². The summed E-state index contributed by atoms with van der Waals surface area (Å²) >= 11 is 0. The summed E-state index contributed by atoms with van der Waals surface area (Å²) in [5.74, 6) is -1.63. The fourth-order valence-electron chi connectivity index (χ4n) is 2.07. The smallest absolute Gasteiger partial charge is 0.332 e. The topological polar surface area (TPSA) is 87.7 Å². The third-order valence-corrected chi connectivity index (χ3v) is 3.08. The molecule has 1 unspecified atom stereocenters. The van der Waals surface area contributed by atoms with Crippen LogP contribution in [0.25, 0.3) is 0 Å². The molecule has 1 saturated heterocycles. The molecule has 7 heteroatoms. The molecule has 1 aliphatic rings. The first-order valence-corrected chi connectivity index (χ1v) is 6.09. The van der Waals surface area contributed by atoms with Gasteiger partial charge < -0.3 is 20.5 Å². The summed E-state index contributed by atoms with van der Waals surface area (Å²) in [5.41, 5.74) is -0.510. The predicted octanol–water partition coefficient (Wildman–Crippen LogP) is 1.50. The van der Waals surface area contributed by atoms with Crippen LogP contribution in [0, 0.1) is 12.7 Å². The van der Waals surface area contributed by atoms with Gasteiger partial charge in [0.05, 0.1) is 6.61 Å². The van der Waals surface area contributed by atoms with Gasteiger partial charge in [0.2, 0.25) is 0 Å². The standard InChI is InChI=1S/C13H15FN2O4/c1-8-4-9(14)6-10(5-8)15-12(19)16-13(11(17)18)2-3-20-7-13/h4-6H,2-3,7H2,1H3,(H,17,18)(H2,15,16,19). The molecule has 1 aromatic rings. The average Bonchev–Trinajstić information content (AvgIpc) is 2.76. The Bertz CT molecular complexity index is 521. The van der Waals surface area contributed by atoms with Crippen molar-refractivity contribution in [1.82, 2.24) is 5.32 Å². The van der Waals surface area contributed by atoms with E-state index in [1.807, 2.05) is 0 Å². The molecule has 2 rings (SSSR count). The van der Waals surface area contributed by atoms with Crippen molar-refractivity contribution in [3.05, 3.63) is 29.6 Å². The van der Waals surface area contributed by atoms with Crippen LogP contribution in [0.3, 0.4) is 0 Å². The summed E-state index contributed by atoms with van der Waals surface area (Å²) in [6.45, 7) is 1.87. The lowest BCUT2D eigenvalue weighted by Crippen LogP contribution is -2.56. The van der Waals surface area contributed by atoms with E-state index in [2.05, 4.69) is 10.6 Å². The second kappa shape index (κ2) is 5.46. The number of carbonyl (C=O) groups excluding carboxylic acids is 1. The lowest BCUT2D eigenvalue weighted by Gasteiger charge is -2.23. The van der Waals surface area contributed by atoms with Gasteiger partial charge in [-0.25, -0.2) is 14.0 Å². The van der Waals surface area contributed by atoms with Gasteiger partial charge in [0, 0.05) is 18.7 Å². The Labute approximate surface area is 114 Å². The molecule has 2 amide bonds. The number of hydrogen-bond acceptors (Lipinski definition) is 3. The number of halogens is 1. The van der Waals surface area contributed by atoms with Crippen molar-refractivity contribution in [2.45, 2.75) is 18.9 Å². The van der Waals surface area contributed by atoms with Gasteiger partial charge in [-0.15, -0.1) is 0 Å². The second-order valence-corrected chi connectivity index (χ2v) is 4.79. The third kappa shape index (κ3) is 3.05. The van der Waals surface area contributed by atoms with Crippen molar-refractivity contribution in [2.24, 2.45) is 0 Å². The van der Waals surface area contributed by atoms with Gasteiger partial charge in [-0.2, -0.15) is 0 Å². The first kappa shape index (κ1) is 14.3. The van der Waals surface area contributed by atoms with Crippen molar-refractivity contribution in [1.29, 1.82) is 0 Å². The van der Waals surface area contributed by atoms with Crippen LogP contribution in [-0.2, 0) is 9.53 Å². The highest BCUT2D eigenvalue weighted by molar-refractivity contribution is 5.94. The number of anilines is 1. The van der Waals surface area contributed by atoms with Crippen molar-refractivity contribution >= 4 is 17.7 Å². The molecule has 3 N–H and O–H groups in total. The molecule has 6 nitrogen and oxygen atoms in total. The molecular formula is C13H15FN2O4. The molecule has 20 heavy (non-hydrogen) atoms. The number of hydrogen-bond donors (Lipinski definition) is 3. The van der Waals surface area contributed by atoms with Crippen LogP contribution in [0.4, 0.5) is 14.9 Å². The van der Waals surface area contributed by atoms with Crippen LogP contribution < -0.4 is 10.6 Å². The number of aryl methyl sites for hydroxylation is 1. The van der Waals surface area contributed by atoms with Gasteiger partial charge in [-0.3, -0.25) is 0 Å². The monoisotopic (exact) mass is 282 g/mol. The Morgan fingerprint density at radius 3 is 2.70 bits per heavy atom. The summed E-state index contributed by atoms with van der Waals surface area (Å²) in [5, 5.41) is 14.0. The van der Waals surface area contributed by atoms with E-state index < -0.39 is 23.4 Å². The fourth-order valence-corrected chi connectivity index (χ4v) is 2.07. The van der Waals surface area contributed by atoms with Crippen LogP contribution in [0.1, 0.15) is 12.0 Å². The Hall–Kier alpha value is -2.15. The number of aliphatic carboxylic acids is 1. The summed E-state index contributed by atoms with van der Waals surface area (Å²) in [4.78, 5) is 23.1. The van der Waals surface area contributed by atoms with E-state index in [0.717, 1.165) is 6.07 Å². The molecule has 0 spiro atoms. The third-order valence-electron chi connectivity index (χ3n) is 3.08. The maximum atomic E-state index is 13.2. The Morgan fingerprint density at radius 1 is 1.40 bits per heavy atom. The molecule has 0 aromatic heterocycles. The Balaban J connectivity index is 2.06. The maximum absolute atomic E-state index is 13.2. The summed E-state index contributed by atoms with van der Waals surface area (Å²) in [6, 6.07) is 3.36. The van der Waals surface area contributed by atoms with Gasteiger partial charge in [-0.1, -0.05) is 0 Å². The maximum Gasteiger partial charge on any atom is 0.332 e. The van der Waals surface area contributed by atoms with Crippen molar-refractivity contribution in [2.75, 3.05) is 18.5 Å². The SMILES string of the molecule is Cc1cc(F)cc(NC(=O)NC2(C(=O)O)CCOC2)c1. The second-order valence-electron chi connectivity index (χ2n) is 4.79. The van der Waals surface area contributed by atoms with E-state index in [9.17, 15) is 19.1 Å². The van der Waals surface area contributed by atoms with Crippen LogP contribution in [0.15, 0.2) is 18.2 Å². The summed E-state index contributed by atoms with van der Waals surface area (Å²) < 4.78 is 18.2. The van der Waals surface area contributed by atoms with Gasteiger partial charge in [0.15, 0.2) is 5.54 Å². The zero-order valence-corrected chi connectivity index (χ0v) is 10.9. The molecule has 0 aliphatic carbocycles. The highest BCUT2D eigenvalue weighted by atomic mass is 19.1. The summed E-state index contributed by atoms with van der Waals surface area (Å²) in [7, 11) is 0. The van der Waals surface area contributed by atoms with E-state index in [0.29, 0.717) is 5.56 Å². The minimum Gasteiger partial charge on any atom is -0.479 e. The molecule has 0 bridgehead atoms. The highest BCUT2D eigenvalue weighted by Gasteiger charge is 2.44. The average molecular weight is 282 g/mol. The minimum atomic E-state index is -1.42. The number of carbonyl (C=O) groups is 2. The Morgan fingerprint density at radius 2 is 2.15 bits per heavy atom. The number of urea groups is 1. The molecule has 0 radical (unpaired) electrons. The number of carboxylic acid groups (broad SMARTS) is 1. The Kier molecular flexibility index (Phi) is 3.89. The lowest BCUT2D eigenvalue weighted by atomic mass is 9.99. The summed E-state index contributed by atoms with van der Waals surface area (Å²) in [6.07, 6.45) is 0.192. The number of amides is 2. The predicted molar refractivity (Wildman–Crippen MR) is 69.1 cm³/mol. The number of ether oxygens (including phenoxy) is 1. The highest BCUT2D eigenvalue weighted by Crippen LogP contribution is 2.19. The number of carboxylic acids is 1. The van der Waals surface area contributed by atoms with E-state index in [1.165, 1.54) is 6.07 Å². The molecular weight excluding hydrogens is 267 g/mol. The zero-order chi connectivity index (χ0) is 14.8. The van der Waals surface area contributed by atoms with Crippen LogP contribution in [-0.4, -0.2) is 35.9 Å². The number of nitrogens with one attached hydrogen (secondary N) is 2. The first-order valence-electron chi connectivity index (χ1n) is 6.09. The number of rotatable bonds is 3. The molecule has 1 heterocycles. The van der Waals surface area contributed by atoms with E-state index in [4.69, 9.17) is 4.74 Å². The lowest BCUT2D eigenvalue weighted by molar-refractivity contribution is -0.144. The van der Waals surface area contributed by atoms with Gasteiger partial charge >= 0.3 is 12.0 Å². The van der Waals surface area contributed by atoms with Crippen LogP contribution >= 0.6 is 0 Å². The van der Waals surface area contributed by atoms with Crippen LogP contribution in [0.5, 0.6) is 0 Å². The van der Waals surface area contributed by atoms with Gasteiger partial charge in [0.25, 0.3) is 0 Å². The molecule has 1 aromatic carbocycles. The largest absolute Gasteiger partial charge is 0.479 e. The quantitative estimate of drug-likeness (QED) is 0.784. The number of benzene rings is 1. The van der Waals surface area contributed by atoms with Crippen molar-refractivity contribution in [3.63, 3.8) is 0 Å². The molecule has 1 atom stereocenters. The first-order chi connectivity index (χ1) is 9.41. The van der Waals surface area contributed by atoms with Crippen LogP contribution in [0.2, 0.25) is 0 Å². The molecule has 1 aliphatic heterocycles. The minimum absolute atomic E-state index is 0.0854. The zero-order valence-electron chi connectivity index (χ0n) is 10.9. The molecule has 0 saturated carbocycles. The van der Waals surface area contributed by atoms with E-state index in [1.54, 1.807) is 13.0 Å². The van der Waals surface area contributed by atoms with E-state index >= 15 is 0 Å².